The van der Waals surface area contributed by atoms with Crippen molar-refractivity contribution in [2.45, 2.75) is 32.1 Å². The topological polar surface area (TPSA) is 58.6 Å². The molecule has 1 N–H and O–H groups in total. The van der Waals surface area contributed by atoms with E-state index in [0.29, 0.717) is 6.54 Å². The molecule has 1 aromatic rings. The fourth-order valence-corrected chi connectivity index (χ4v) is 3.35. The van der Waals surface area contributed by atoms with Crippen LogP contribution in [0.5, 0.6) is 0 Å². The van der Waals surface area contributed by atoms with E-state index in [-0.39, 0.29) is 24.3 Å². The van der Waals surface area contributed by atoms with Crippen LogP contribution in [0.1, 0.15) is 31.2 Å². The highest BCUT2D eigenvalue weighted by atomic mass is 16.5. The highest BCUT2D eigenvalue weighted by Gasteiger charge is 2.26. The van der Waals surface area contributed by atoms with Crippen LogP contribution in [0.15, 0.2) is 18.2 Å². The third kappa shape index (κ3) is 2.99. The number of benzene rings is 1. The maximum absolute atomic E-state index is 12.2. The number of rotatable bonds is 4. The molecule has 2 amide bonds. The minimum absolute atomic E-state index is 0.0412. The summed E-state index contributed by atoms with van der Waals surface area (Å²) < 4.78 is 4.93. The van der Waals surface area contributed by atoms with Crippen molar-refractivity contribution in [1.29, 1.82) is 0 Å². The first-order valence-corrected chi connectivity index (χ1v) is 7.92. The van der Waals surface area contributed by atoms with Crippen LogP contribution in [-0.4, -0.2) is 32.1 Å². The SMILES string of the molecule is COCC(=O)N1CCc2ccc(NC(=O)C3CCCC3)cc21. The Bertz CT molecular complexity index is 579. The van der Waals surface area contributed by atoms with Crippen LogP contribution >= 0.6 is 0 Å². The van der Waals surface area contributed by atoms with E-state index in [2.05, 4.69) is 5.32 Å². The van der Waals surface area contributed by atoms with E-state index in [1.165, 1.54) is 7.11 Å². The third-order valence-corrected chi connectivity index (χ3v) is 4.54. The summed E-state index contributed by atoms with van der Waals surface area (Å²) >= 11 is 0. The first kappa shape index (κ1) is 15.0. The normalized spacial score (nSPS) is 17.6. The Hall–Kier alpha value is -1.88. The molecule has 1 heterocycles. The van der Waals surface area contributed by atoms with Crippen molar-refractivity contribution in [3.05, 3.63) is 23.8 Å². The van der Waals surface area contributed by atoms with Crippen LogP contribution in [-0.2, 0) is 20.7 Å². The van der Waals surface area contributed by atoms with Crippen LogP contribution in [0, 0.1) is 5.92 Å². The van der Waals surface area contributed by atoms with Gasteiger partial charge in [0, 0.05) is 30.9 Å². The van der Waals surface area contributed by atoms with Gasteiger partial charge in [0.25, 0.3) is 5.91 Å². The molecule has 0 radical (unpaired) electrons. The number of fused-ring (bicyclic) bond motifs is 1. The van der Waals surface area contributed by atoms with Crippen LogP contribution in [0.3, 0.4) is 0 Å². The molecule has 2 aliphatic rings. The van der Waals surface area contributed by atoms with Gasteiger partial charge in [0.1, 0.15) is 6.61 Å². The van der Waals surface area contributed by atoms with Crippen molar-refractivity contribution in [1.82, 2.24) is 0 Å². The molecular formula is C17H22N2O3. The number of nitrogens with one attached hydrogen (secondary N) is 1. The molecule has 22 heavy (non-hydrogen) atoms. The Morgan fingerprint density at radius 2 is 2.09 bits per heavy atom. The number of nitrogens with zero attached hydrogens (tertiary/aromatic N) is 1. The molecule has 118 valence electrons. The second-order valence-electron chi connectivity index (χ2n) is 6.04. The molecule has 1 aromatic carbocycles. The average molecular weight is 302 g/mol. The summed E-state index contributed by atoms with van der Waals surface area (Å²) in [4.78, 5) is 26.0. The number of amides is 2. The summed E-state index contributed by atoms with van der Waals surface area (Å²) in [6.07, 6.45) is 5.09. The number of hydrogen-bond acceptors (Lipinski definition) is 3. The Morgan fingerprint density at radius 3 is 2.82 bits per heavy atom. The average Bonchev–Trinajstić information content (AvgIpc) is 3.17. The number of carbonyl (C=O) groups is 2. The van der Waals surface area contributed by atoms with Crippen molar-refractivity contribution in [2.75, 3.05) is 30.5 Å². The molecule has 0 unspecified atom stereocenters. The number of carbonyl (C=O) groups excluding carboxylic acids is 2. The molecule has 5 heteroatoms. The lowest BCUT2D eigenvalue weighted by atomic mass is 10.1. The van der Waals surface area contributed by atoms with E-state index >= 15 is 0 Å². The molecule has 0 aromatic heterocycles. The fraction of sp³-hybridized carbons (Fsp3) is 0.529. The van der Waals surface area contributed by atoms with Crippen molar-refractivity contribution in [3.63, 3.8) is 0 Å². The largest absolute Gasteiger partial charge is 0.375 e. The van der Waals surface area contributed by atoms with E-state index in [1.807, 2.05) is 18.2 Å². The van der Waals surface area contributed by atoms with Gasteiger partial charge in [0.2, 0.25) is 5.91 Å². The quantitative estimate of drug-likeness (QED) is 0.929. The highest BCUT2D eigenvalue weighted by Crippen LogP contribution is 2.32. The second-order valence-corrected chi connectivity index (χ2v) is 6.04. The molecule has 5 nitrogen and oxygen atoms in total. The van der Waals surface area contributed by atoms with Gasteiger partial charge in [-0.3, -0.25) is 9.59 Å². The van der Waals surface area contributed by atoms with Gasteiger partial charge in [-0.2, -0.15) is 0 Å². The van der Waals surface area contributed by atoms with E-state index in [1.54, 1.807) is 4.90 Å². The van der Waals surface area contributed by atoms with Gasteiger partial charge in [0.15, 0.2) is 0 Å². The molecule has 1 aliphatic carbocycles. The van der Waals surface area contributed by atoms with Gasteiger partial charge in [-0.25, -0.2) is 0 Å². The Labute approximate surface area is 130 Å². The fourth-order valence-electron chi connectivity index (χ4n) is 3.35. The lowest BCUT2D eigenvalue weighted by Crippen LogP contribution is -2.32. The van der Waals surface area contributed by atoms with Crippen LogP contribution in [0.25, 0.3) is 0 Å². The van der Waals surface area contributed by atoms with Crippen molar-refractivity contribution in [2.24, 2.45) is 5.92 Å². The predicted molar refractivity (Wildman–Crippen MR) is 85.0 cm³/mol. The van der Waals surface area contributed by atoms with E-state index in [9.17, 15) is 9.59 Å². The van der Waals surface area contributed by atoms with Gasteiger partial charge in [-0.1, -0.05) is 18.9 Å². The molecule has 1 aliphatic heterocycles. The Morgan fingerprint density at radius 1 is 1.32 bits per heavy atom. The van der Waals surface area contributed by atoms with Gasteiger partial charge in [-0.15, -0.1) is 0 Å². The summed E-state index contributed by atoms with van der Waals surface area (Å²) in [6.45, 7) is 0.760. The summed E-state index contributed by atoms with van der Waals surface area (Å²) in [6, 6.07) is 5.83. The van der Waals surface area contributed by atoms with Gasteiger partial charge in [0.05, 0.1) is 0 Å². The molecule has 1 saturated carbocycles. The summed E-state index contributed by atoms with van der Waals surface area (Å²) in [5.74, 6) is 0.199. The maximum Gasteiger partial charge on any atom is 0.252 e. The lowest BCUT2D eigenvalue weighted by molar-refractivity contribution is -0.122. The van der Waals surface area contributed by atoms with Crippen LogP contribution in [0.2, 0.25) is 0 Å². The van der Waals surface area contributed by atoms with Crippen molar-refractivity contribution in [3.8, 4) is 0 Å². The number of ether oxygens (including phenoxy) is 1. The van der Waals surface area contributed by atoms with Crippen LogP contribution in [0.4, 0.5) is 11.4 Å². The maximum atomic E-state index is 12.2. The molecule has 0 saturated heterocycles. The summed E-state index contributed by atoms with van der Waals surface area (Å²) in [7, 11) is 1.52. The van der Waals surface area contributed by atoms with E-state index < -0.39 is 0 Å². The number of hydrogen-bond donors (Lipinski definition) is 1. The summed E-state index contributed by atoms with van der Waals surface area (Å²) in [5.41, 5.74) is 2.81. The second kappa shape index (κ2) is 6.48. The zero-order chi connectivity index (χ0) is 15.5. The molecule has 1 fully saturated rings. The van der Waals surface area contributed by atoms with E-state index in [0.717, 1.165) is 49.0 Å². The Balaban J connectivity index is 1.74. The smallest absolute Gasteiger partial charge is 0.252 e. The molecule has 3 rings (SSSR count). The highest BCUT2D eigenvalue weighted by molar-refractivity contribution is 5.98. The lowest BCUT2D eigenvalue weighted by Gasteiger charge is -2.18. The zero-order valence-electron chi connectivity index (χ0n) is 12.9. The molecule has 0 atom stereocenters. The molecular weight excluding hydrogens is 280 g/mol. The minimum atomic E-state index is -0.0412. The van der Waals surface area contributed by atoms with Crippen LogP contribution < -0.4 is 10.2 Å². The monoisotopic (exact) mass is 302 g/mol. The zero-order valence-corrected chi connectivity index (χ0v) is 12.9. The van der Waals surface area contributed by atoms with Gasteiger partial charge >= 0.3 is 0 Å². The number of methoxy groups -OCH3 is 1. The number of anilines is 2. The molecule has 0 bridgehead atoms. The summed E-state index contributed by atoms with van der Waals surface area (Å²) in [5, 5.41) is 3.00. The third-order valence-electron chi connectivity index (χ3n) is 4.54. The first-order chi connectivity index (χ1) is 10.7. The molecule has 0 spiro atoms. The van der Waals surface area contributed by atoms with E-state index in [4.69, 9.17) is 4.74 Å². The minimum Gasteiger partial charge on any atom is -0.375 e. The van der Waals surface area contributed by atoms with Crippen molar-refractivity contribution >= 4 is 23.2 Å². The van der Waals surface area contributed by atoms with Crippen molar-refractivity contribution < 1.29 is 14.3 Å². The Kier molecular flexibility index (Phi) is 4.43. The van der Waals surface area contributed by atoms with Gasteiger partial charge < -0.3 is 15.0 Å². The predicted octanol–water partition coefficient (Wildman–Crippen LogP) is 2.35. The van der Waals surface area contributed by atoms with Gasteiger partial charge in [-0.05, 0) is 37.0 Å². The standard InChI is InChI=1S/C17H22N2O3/c1-22-11-16(20)19-9-8-12-6-7-14(10-15(12)19)18-17(21)13-4-2-3-5-13/h6-7,10,13H,2-5,8-9,11H2,1H3,(H,18,21). The first-order valence-electron chi connectivity index (χ1n) is 7.92.